The van der Waals surface area contributed by atoms with Crippen molar-refractivity contribution >= 4 is 16.6 Å². The van der Waals surface area contributed by atoms with Crippen LogP contribution in [0.5, 0.6) is 0 Å². The minimum atomic E-state index is -1.78. The summed E-state index contributed by atoms with van der Waals surface area (Å²) in [5, 5.41) is 0. The summed E-state index contributed by atoms with van der Waals surface area (Å²) < 4.78 is 5.81. The highest BCUT2D eigenvalue weighted by atomic mass is 28.4. The SMILES string of the molecule is CCO[Si](C)(C)CCCCCCC[Si](C)(C)O. The van der Waals surface area contributed by atoms with E-state index in [0.717, 1.165) is 12.7 Å². The van der Waals surface area contributed by atoms with Crippen LogP contribution in [0.1, 0.15) is 39.0 Å². The Bertz CT molecular complexity index is 188. The molecule has 104 valence electrons. The molecule has 0 amide bonds. The van der Waals surface area contributed by atoms with E-state index in [2.05, 4.69) is 20.0 Å². The van der Waals surface area contributed by atoms with Gasteiger partial charge in [-0.2, -0.15) is 0 Å². The highest BCUT2D eigenvalue weighted by Crippen LogP contribution is 2.18. The molecule has 0 aromatic heterocycles. The molecule has 0 rings (SSSR count). The predicted molar refractivity (Wildman–Crippen MR) is 81.5 cm³/mol. The lowest BCUT2D eigenvalue weighted by Gasteiger charge is -2.21. The van der Waals surface area contributed by atoms with E-state index in [1.165, 1.54) is 38.1 Å². The largest absolute Gasteiger partial charge is 0.432 e. The van der Waals surface area contributed by atoms with E-state index < -0.39 is 16.6 Å². The van der Waals surface area contributed by atoms with Crippen LogP contribution < -0.4 is 0 Å². The molecule has 17 heavy (non-hydrogen) atoms. The molecule has 0 saturated carbocycles. The molecule has 0 aromatic carbocycles. The lowest BCUT2D eigenvalue weighted by Crippen LogP contribution is -2.29. The molecule has 0 saturated heterocycles. The van der Waals surface area contributed by atoms with E-state index in [4.69, 9.17) is 4.43 Å². The lowest BCUT2D eigenvalue weighted by molar-refractivity contribution is 0.327. The average molecular weight is 277 g/mol. The predicted octanol–water partition coefficient (Wildman–Crippen LogP) is 4.38. The van der Waals surface area contributed by atoms with Crippen molar-refractivity contribution < 1.29 is 9.22 Å². The number of hydrogen-bond donors (Lipinski definition) is 1. The molecule has 0 atom stereocenters. The molecule has 0 unspecified atom stereocenters. The van der Waals surface area contributed by atoms with Crippen LogP contribution in [0.4, 0.5) is 0 Å². The van der Waals surface area contributed by atoms with Gasteiger partial charge in [0.05, 0.1) is 0 Å². The zero-order chi connectivity index (χ0) is 13.4. The summed E-state index contributed by atoms with van der Waals surface area (Å²) in [4.78, 5) is 9.71. The lowest BCUT2D eigenvalue weighted by atomic mass is 10.2. The van der Waals surface area contributed by atoms with Gasteiger partial charge in [-0.3, -0.25) is 0 Å². The molecule has 4 heteroatoms. The van der Waals surface area contributed by atoms with Crippen LogP contribution in [0, 0.1) is 0 Å². The third-order valence-electron chi connectivity index (χ3n) is 3.10. The Labute approximate surface area is 110 Å². The van der Waals surface area contributed by atoms with E-state index in [-0.39, 0.29) is 0 Å². The van der Waals surface area contributed by atoms with Crippen LogP contribution in [-0.4, -0.2) is 28.0 Å². The van der Waals surface area contributed by atoms with Gasteiger partial charge in [0.25, 0.3) is 0 Å². The van der Waals surface area contributed by atoms with Gasteiger partial charge < -0.3 is 9.22 Å². The van der Waals surface area contributed by atoms with E-state index in [1.807, 2.05) is 13.1 Å². The van der Waals surface area contributed by atoms with Crippen molar-refractivity contribution in [2.75, 3.05) is 6.61 Å². The minimum Gasteiger partial charge on any atom is -0.432 e. The Kier molecular flexibility index (Phi) is 8.63. The van der Waals surface area contributed by atoms with Crippen LogP contribution >= 0.6 is 0 Å². The summed E-state index contributed by atoms with van der Waals surface area (Å²) in [7, 11) is -3.11. The normalized spacial score (nSPS) is 13.1. The Morgan fingerprint density at radius 2 is 1.29 bits per heavy atom. The molecule has 0 spiro atoms. The summed E-state index contributed by atoms with van der Waals surface area (Å²) in [6.45, 7) is 11.7. The molecular formula is C13H32O2Si2. The van der Waals surface area contributed by atoms with Gasteiger partial charge in [-0.1, -0.05) is 32.1 Å². The fourth-order valence-corrected chi connectivity index (χ4v) is 5.24. The van der Waals surface area contributed by atoms with Crippen molar-refractivity contribution in [1.82, 2.24) is 0 Å². The Morgan fingerprint density at radius 1 is 0.824 bits per heavy atom. The molecule has 1 N–H and O–H groups in total. The van der Waals surface area contributed by atoms with Gasteiger partial charge >= 0.3 is 0 Å². The van der Waals surface area contributed by atoms with Gasteiger partial charge in [-0.15, -0.1) is 0 Å². The molecule has 0 aliphatic carbocycles. The number of rotatable bonds is 10. The zero-order valence-electron chi connectivity index (χ0n) is 12.5. The first-order chi connectivity index (χ1) is 7.77. The molecule has 0 aliphatic rings. The maximum absolute atomic E-state index is 9.71. The Morgan fingerprint density at radius 3 is 1.76 bits per heavy atom. The summed E-state index contributed by atoms with van der Waals surface area (Å²) >= 11 is 0. The minimum absolute atomic E-state index is 0.870. The fraction of sp³-hybridized carbons (Fsp3) is 1.00. The maximum atomic E-state index is 9.71. The molecule has 0 fully saturated rings. The second kappa shape index (κ2) is 8.45. The van der Waals surface area contributed by atoms with Crippen molar-refractivity contribution in [1.29, 1.82) is 0 Å². The van der Waals surface area contributed by atoms with Crippen molar-refractivity contribution in [3.63, 3.8) is 0 Å². The fourth-order valence-electron chi connectivity index (χ4n) is 2.10. The van der Waals surface area contributed by atoms with Gasteiger partial charge in [-0.25, -0.2) is 0 Å². The summed E-state index contributed by atoms with van der Waals surface area (Å²) in [5.74, 6) is 0. The smallest absolute Gasteiger partial charge is 0.186 e. The van der Waals surface area contributed by atoms with E-state index in [0.29, 0.717) is 0 Å². The number of unbranched alkanes of at least 4 members (excludes halogenated alkanes) is 4. The zero-order valence-corrected chi connectivity index (χ0v) is 14.5. The van der Waals surface area contributed by atoms with Crippen molar-refractivity contribution in [3.05, 3.63) is 0 Å². The van der Waals surface area contributed by atoms with Crippen molar-refractivity contribution in [2.45, 2.75) is 77.3 Å². The van der Waals surface area contributed by atoms with E-state index in [9.17, 15) is 4.80 Å². The van der Waals surface area contributed by atoms with Gasteiger partial charge in [-0.05, 0) is 45.2 Å². The highest BCUT2D eigenvalue weighted by molar-refractivity contribution is 6.71. The molecule has 0 bridgehead atoms. The Hall–Kier alpha value is 0.354. The Balaban J connectivity index is 3.35. The first-order valence-electron chi connectivity index (χ1n) is 7.13. The van der Waals surface area contributed by atoms with Crippen LogP contribution in [0.15, 0.2) is 0 Å². The molecule has 0 heterocycles. The first kappa shape index (κ1) is 17.4. The second-order valence-corrected chi connectivity index (χ2v) is 14.7. The third-order valence-corrected chi connectivity index (χ3v) is 7.31. The van der Waals surface area contributed by atoms with Crippen molar-refractivity contribution in [2.24, 2.45) is 0 Å². The molecule has 0 aromatic rings. The molecule has 0 radical (unpaired) electrons. The van der Waals surface area contributed by atoms with Crippen molar-refractivity contribution in [3.8, 4) is 0 Å². The molecular weight excluding hydrogens is 244 g/mol. The molecule has 0 aliphatic heterocycles. The first-order valence-corrected chi connectivity index (χ1v) is 13.4. The standard InChI is InChI=1S/C13H32O2Si2/c1-6-15-17(4,5)13-11-9-7-8-10-12-16(2,3)14/h14H,6-13H2,1-5H3. The van der Waals surface area contributed by atoms with Gasteiger partial charge in [0.2, 0.25) is 0 Å². The summed E-state index contributed by atoms with van der Waals surface area (Å²) in [6, 6.07) is 2.35. The van der Waals surface area contributed by atoms with Crippen LogP contribution in [-0.2, 0) is 4.43 Å². The summed E-state index contributed by atoms with van der Waals surface area (Å²) in [5.41, 5.74) is 0. The highest BCUT2D eigenvalue weighted by Gasteiger charge is 2.20. The van der Waals surface area contributed by atoms with E-state index >= 15 is 0 Å². The van der Waals surface area contributed by atoms with Gasteiger partial charge in [0.15, 0.2) is 16.6 Å². The van der Waals surface area contributed by atoms with Gasteiger partial charge in [0.1, 0.15) is 0 Å². The van der Waals surface area contributed by atoms with Gasteiger partial charge in [0, 0.05) is 6.61 Å². The molecule has 2 nitrogen and oxygen atoms in total. The average Bonchev–Trinajstić information content (AvgIpc) is 2.14. The van der Waals surface area contributed by atoms with Crippen LogP contribution in [0.2, 0.25) is 38.3 Å². The summed E-state index contributed by atoms with van der Waals surface area (Å²) in [6.07, 6.45) is 6.47. The third kappa shape index (κ3) is 12.6. The maximum Gasteiger partial charge on any atom is 0.186 e. The quantitative estimate of drug-likeness (QED) is 0.474. The number of hydrogen-bond acceptors (Lipinski definition) is 2. The topological polar surface area (TPSA) is 29.5 Å². The monoisotopic (exact) mass is 276 g/mol. The van der Waals surface area contributed by atoms with Crippen LogP contribution in [0.3, 0.4) is 0 Å². The second-order valence-electron chi connectivity index (χ2n) is 6.27. The van der Waals surface area contributed by atoms with Crippen LogP contribution in [0.25, 0.3) is 0 Å². The van der Waals surface area contributed by atoms with E-state index in [1.54, 1.807) is 0 Å².